The molecule has 6 heteroatoms. The van der Waals surface area contributed by atoms with E-state index >= 15 is 0 Å². The second-order valence-electron chi connectivity index (χ2n) is 4.22. The Labute approximate surface area is 93.9 Å². The summed E-state index contributed by atoms with van der Waals surface area (Å²) in [6.07, 6.45) is 6.93. The molecule has 1 aromatic rings. The SMILES string of the molecule is CN(C(=O)C1CCCCC1)[n+]1cc(N)on1. The summed E-state index contributed by atoms with van der Waals surface area (Å²) in [7, 11) is 1.68. The van der Waals surface area contributed by atoms with Crippen molar-refractivity contribution in [2.45, 2.75) is 32.1 Å². The zero-order valence-corrected chi connectivity index (χ0v) is 9.43. The number of rotatable bonds is 2. The molecular formula is C10H17N4O2+. The van der Waals surface area contributed by atoms with Crippen molar-refractivity contribution in [1.82, 2.24) is 5.27 Å². The first-order valence-electron chi connectivity index (χ1n) is 5.60. The van der Waals surface area contributed by atoms with Gasteiger partial charge in [-0.25, -0.2) is 0 Å². The third kappa shape index (κ3) is 2.15. The highest BCUT2D eigenvalue weighted by Gasteiger charge is 2.30. The lowest BCUT2D eigenvalue weighted by atomic mass is 9.88. The Morgan fingerprint density at radius 1 is 1.56 bits per heavy atom. The van der Waals surface area contributed by atoms with Crippen LogP contribution in [-0.4, -0.2) is 18.2 Å². The van der Waals surface area contributed by atoms with E-state index < -0.39 is 0 Å². The summed E-state index contributed by atoms with van der Waals surface area (Å²) in [6, 6.07) is 0. The van der Waals surface area contributed by atoms with Crippen molar-refractivity contribution in [1.29, 1.82) is 0 Å². The van der Waals surface area contributed by atoms with Crippen molar-refractivity contribution >= 4 is 11.8 Å². The van der Waals surface area contributed by atoms with Crippen LogP contribution in [0.25, 0.3) is 0 Å². The zero-order chi connectivity index (χ0) is 11.5. The van der Waals surface area contributed by atoms with Crippen molar-refractivity contribution in [2.24, 2.45) is 5.92 Å². The van der Waals surface area contributed by atoms with E-state index in [1.807, 2.05) is 0 Å². The van der Waals surface area contributed by atoms with Gasteiger partial charge in [0.05, 0.1) is 11.8 Å². The second-order valence-corrected chi connectivity index (χ2v) is 4.22. The number of aromatic nitrogens is 2. The third-order valence-electron chi connectivity index (χ3n) is 3.05. The molecule has 0 bridgehead atoms. The van der Waals surface area contributed by atoms with Gasteiger partial charge in [0.2, 0.25) is 5.27 Å². The first-order valence-corrected chi connectivity index (χ1v) is 5.60. The van der Waals surface area contributed by atoms with E-state index in [-0.39, 0.29) is 17.7 Å². The van der Waals surface area contributed by atoms with Gasteiger partial charge in [0.15, 0.2) is 0 Å². The monoisotopic (exact) mass is 225 g/mol. The molecule has 0 unspecified atom stereocenters. The molecule has 0 radical (unpaired) electrons. The van der Waals surface area contributed by atoms with Crippen molar-refractivity contribution in [3.8, 4) is 0 Å². The molecule has 1 aromatic heterocycles. The third-order valence-corrected chi connectivity index (χ3v) is 3.05. The number of carbonyl (C=O) groups excluding carboxylic acids is 1. The minimum Gasteiger partial charge on any atom is -0.362 e. The second kappa shape index (κ2) is 4.51. The molecule has 0 aliphatic heterocycles. The molecular weight excluding hydrogens is 208 g/mol. The molecule has 0 saturated heterocycles. The van der Waals surface area contributed by atoms with E-state index in [1.165, 1.54) is 22.4 Å². The summed E-state index contributed by atoms with van der Waals surface area (Å²) in [4.78, 5) is 13.4. The Kier molecular flexibility index (Phi) is 3.07. The summed E-state index contributed by atoms with van der Waals surface area (Å²) in [5.41, 5.74) is 5.41. The lowest BCUT2D eigenvalue weighted by Gasteiger charge is -2.20. The standard InChI is InChI=1S/C10H17N4O2/c1-13(14-7-9(11)16-12-14)10(15)8-5-3-2-4-6-8/h7-8H,2-6,11H2,1H3/q+1. The fourth-order valence-corrected chi connectivity index (χ4v) is 2.11. The zero-order valence-electron chi connectivity index (χ0n) is 9.43. The number of nitrogens with two attached hydrogens (primary N) is 1. The van der Waals surface area contributed by atoms with E-state index in [2.05, 4.69) is 5.27 Å². The van der Waals surface area contributed by atoms with Crippen LogP contribution >= 0.6 is 0 Å². The first kappa shape index (κ1) is 10.9. The van der Waals surface area contributed by atoms with E-state index in [4.69, 9.17) is 10.3 Å². The Morgan fingerprint density at radius 3 is 2.81 bits per heavy atom. The number of carbonyl (C=O) groups is 1. The van der Waals surface area contributed by atoms with Crippen LogP contribution < -0.4 is 15.5 Å². The maximum Gasteiger partial charge on any atom is 0.296 e. The van der Waals surface area contributed by atoms with Crippen LogP contribution in [-0.2, 0) is 4.79 Å². The average molecular weight is 225 g/mol. The Bertz CT molecular complexity index is 371. The van der Waals surface area contributed by atoms with Gasteiger partial charge in [-0.3, -0.25) is 9.32 Å². The minimum absolute atomic E-state index is 0.0815. The lowest BCUT2D eigenvalue weighted by molar-refractivity contribution is -0.747. The summed E-state index contributed by atoms with van der Waals surface area (Å²) < 4.78 is 4.72. The predicted octanol–water partition coefficient (Wildman–Crippen LogP) is 0.219. The Hall–Kier alpha value is -1.59. The highest BCUT2D eigenvalue weighted by molar-refractivity contribution is 5.85. The molecule has 0 aromatic carbocycles. The summed E-state index contributed by atoms with van der Waals surface area (Å²) in [6.45, 7) is 0. The van der Waals surface area contributed by atoms with E-state index in [0.29, 0.717) is 0 Å². The average Bonchev–Trinajstić information content (AvgIpc) is 2.75. The molecule has 0 spiro atoms. The summed E-state index contributed by atoms with van der Waals surface area (Å²) in [5, 5.41) is 5.11. The molecule has 1 aliphatic rings. The van der Waals surface area contributed by atoms with Crippen LogP contribution in [0.2, 0.25) is 0 Å². The van der Waals surface area contributed by atoms with Crippen LogP contribution in [0.15, 0.2) is 10.7 Å². The largest absolute Gasteiger partial charge is 0.362 e. The van der Waals surface area contributed by atoms with Crippen molar-refractivity contribution in [3.05, 3.63) is 6.20 Å². The maximum atomic E-state index is 12.1. The molecule has 6 nitrogen and oxygen atoms in total. The van der Waals surface area contributed by atoms with Crippen LogP contribution in [0.3, 0.4) is 0 Å². The van der Waals surface area contributed by atoms with Crippen molar-refractivity contribution in [2.75, 3.05) is 17.8 Å². The Balaban J connectivity index is 2.03. The van der Waals surface area contributed by atoms with E-state index in [1.54, 1.807) is 7.05 Å². The van der Waals surface area contributed by atoms with Gasteiger partial charge < -0.3 is 5.73 Å². The number of nitrogen functional groups attached to an aromatic ring is 1. The molecule has 1 fully saturated rings. The molecule has 2 rings (SSSR count). The van der Waals surface area contributed by atoms with Gasteiger partial charge in [0, 0.05) is 5.92 Å². The Morgan fingerprint density at radius 2 is 2.25 bits per heavy atom. The predicted molar refractivity (Wildman–Crippen MR) is 56.8 cm³/mol. The maximum absolute atomic E-state index is 12.1. The highest BCUT2D eigenvalue weighted by atomic mass is 16.5. The van der Waals surface area contributed by atoms with Crippen molar-refractivity contribution < 1.29 is 14.1 Å². The highest BCUT2D eigenvalue weighted by Crippen LogP contribution is 2.24. The van der Waals surface area contributed by atoms with Crippen molar-refractivity contribution in [3.63, 3.8) is 0 Å². The molecule has 1 amide bonds. The van der Waals surface area contributed by atoms with Crippen LogP contribution in [0.4, 0.5) is 5.88 Å². The lowest BCUT2D eigenvalue weighted by Crippen LogP contribution is -2.61. The number of hydrogen-bond acceptors (Lipinski definition) is 4. The fourth-order valence-electron chi connectivity index (χ4n) is 2.11. The van der Waals surface area contributed by atoms with Crippen LogP contribution in [0.5, 0.6) is 0 Å². The number of anilines is 1. The van der Waals surface area contributed by atoms with Crippen LogP contribution in [0, 0.1) is 5.92 Å². The van der Waals surface area contributed by atoms with E-state index in [9.17, 15) is 4.79 Å². The molecule has 2 N–H and O–H groups in total. The van der Waals surface area contributed by atoms with Gasteiger partial charge in [-0.1, -0.05) is 24.3 Å². The molecule has 1 heterocycles. The summed E-state index contributed by atoms with van der Waals surface area (Å²) in [5.74, 6) is 0.394. The number of amides is 1. The normalized spacial score (nSPS) is 17.3. The van der Waals surface area contributed by atoms with Gasteiger partial charge >= 0.3 is 0 Å². The molecule has 0 atom stereocenters. The van der Waals surface area contributed by atoms with E-state index in [0.717, 1.165) is 25.7 Å². The van der Waals surface area contributed by atoms with Gasteiger partial charge in [-0.2, -0.15) is 0 Å². The number of nitrogens with zero attached hydrogens (tertiary/aromatic N) is 3. The summed E-state index contributed by atoms with van der Waals surface area (Å²) >= 11 is 0. The first-order chi connectivity index (χ1) is 7.68. The van der Waals surface area contributed by atoms with Gasteiger partial charge in [-0.15, -0.1) is 0 Å². The topological polar surface area (TPSA) is 76.2 Å². The molecule has 1 saturated carbocycles. The quantitative estimate of drug-likeness (QED) is 0.730. The smallest absolute Gasteiger partial charge is 0.296 e. The fraction of sp³-hybridized carbons (Fsp3) is 0.700. The van der Waals surface area contributed by atoms with Gasteiger partial charge in [0.25, 0.3) is 18.0 Å². The van der Waals surface area contributed by atoms with Crippen LogP contribution in [0.1, 0.15) is 32.1 Å². The molecule has 1 aliphatic carbocycles. The molecule has 88 valence electrons. The minimum atomic E-state index is 0.0815. The molecule has 16 heavy (non-hydrogen) atoms. The number of hydrogen-bond donors (Lipinski definition) is 1. The van der Waals surface area contributed by atoms with Gasteiger partial charge in [0.1, 0.15) is 0 Å². The van der Waals surface area contributed by atoms with Gasteiger partial charge in [-0.05, 0) is 12.8 Å².